The lowest BCUT2D eigenvalue weighted by atomic mass is 10.2. The summed E-state index contributed by atoms with van der Waals surface area (Å²) in [5.74, 6) is 2.90. The number of amides is 1. The van der Waals surface area contributed by atoms with Gasteiger partial charge in [0.05, 0.1) is 5.56 Å². The van der Waals surface area contributed by atoms with Crippen LogP contribution in [0.1, 0.15) is 22.8 Å². The van der Waals surface area contributed by atoms with Gasteiger partial charge in [-0.2, -0.15) is 11.8 Å². The molecule has 2 aromatic rings. The Bertz CT molecular complexity index is 587. The topological polar surface area (TPSA) is 29.1 Å². The van der Waals surface area contributed by atoms with Crippen molar-refractivity contribution in [1.82, 2.24) is 5.32 Å². The first kappa shape index (κ1) is 17.0. The smallest absolute Gasteiger partial charge is 0.252 e. The van der Waals surface area contributed by atoms with Gasteiger partial charge >= 0.3 is 0 Å². The Hall–Kier alpha value is -1.39. The van der Waals surface area contributed by atoms with Crippen LogP contribution < -0.4 is 5.32 Å². The molecule has 0 bridgehead atoms. The molecule has 1 N–H and O–H groups in total. The van der Waals surface area contributed by atoms with Gasteiger partial charge in [0, 0.05) is 22.9 Å². The lowest BCUT2D eigenvalue weighted by Crippen LogP contribution is -2.26. The lowest BCUT2D eigenvalue weighted by Gasteiger charge is -2.09. The van der Waals surface area contributed by atoms with Crippen molar-refractivity contribution in [3.63, 3.8) is 0 Å². The summed E-state index contributed by atoms with van der Waals surface area (Å²) in [7, 11) is 0. The molecule has 116 valence electrons. The van der Waals surface area contributed by atoms with Gasteiger partial charge in [0.2, 0.25) is 0 Å². The first-order valence-corrected chi connectivity index (χ1v) is 9.57. The minimum absolute atomic E-state index is 0.0249. The molecule has 2 nitrogen and oxygen atoms in total. The molecule has 0 saturated heterocycles. The van der Waals surface area contributed by atoms with Crippen LogP contribution in [-0.4, -0.2) is 24.0 Å². The van der Waals surface area contributed by atoms with E-state index in [-0.39, 0.29) is 5.91 Å². The molecule has 2 aromatic carbocycles. The molecule has 0 atom stereocenters. The summed E-state index contributed by atoms with van der Waals surface area (Å²) >= 11 is 3.54. The minimum atomic E-state index is 0.0249. The molecule has 22 heavy (non-hydrogen) atoms. The summed E-state index contributed by atoms with van der Waals surface area (Å²) in [5.41, 5.74) is 2.10. The van der Waals surface area contributed by atoms with Crippen LogP contribution in [0.3, 0.4) is 0 Å². The van der Waals surface area contributed by atoms with E-state index in [4.69, 9.17) is 0 Å². The van der Waals surface area contributed by atoms with Crippen molar-refractivity contribution in [2.24, 2.45) is 0 Å². The van der Waals surface area contributed by atoms with Crippen molar-refractivity contribution in [3.05, 3.63) is 65.7 Å². The van der Waals surface area contributed by atoms with Gasteiger partial charge in [0.25, 0.3) is 5.91 Å². The van der Waals surface area contributed by atoms with Gasteiger partial charge in [-0.15, -0.1) is 11.8 Å². The summed E-state index contributed by atoms with van der Waals surface area (Å²) in [6.07, 6.45) is 0. The molecule has 4 heteroatoms. The minimum Gasteiger partial charge on any atom is -0.351 e. The Morgan fingerprint density at radius 3 is 2.55 bits per heavy atom. The van der Waals surface area contributed by atoms with Gasteiger partial charge < -0.3 is 5.32 Å². The molecule has 0 aliphatic carbocycles. The first-order valence-electron chi connectivity index (χ1n) is 7.43. The lowest BCUT2D eigenvalue weighted by molar-refractivity contribution is 0.0953. The molecule has 0 saturated carbocycles. The molecular weight excluding hydrogens is 310 g/mol. The number of hydrogen-bond donors (Lipinski definition) is 1. The highest BCUT2D eigenvalue weighted by atomic mass is 32.2. The van der Waals surface area contributed by atoms with E-state index < -0.39 is 0 Å². The number of thioether (sulfide) groups is 2. The third-order valence-electron chi connectivity index (χ3n) is 3.08. The average molecular weight is 332 g/mol. The number of carbonyl (C=O) groups excluding carboxylic acids is 1. The number of rotatable bonds is 8. The van der Waals surface area contributed by atoms with Crippen LogP contribution in [0, 0.1) is 0 Å². The molecule has 0 aromatic heterocycles. The van der Waals surface area contributed by atoms with Crippen LogP contribution in [0.2, 0.25) is 0 Å². The van der Waals surface area contributed by atoms with Gasteiger partial charge in [-0.05, 0) is 23.4 Å². The van der Waals surface area contributed by atoms with Gasteiger partial charge in [-0.25, -0.2) is 0 Å². The Morgan fingerprint density at radius 1 is 1.05 bits per heavy atom. The van der Waals surface area contributed by atoms with Crippen LogP contribution >= 0.6 is 23.5 Å². The van der Waals surface area contributed by atoms with E-state index in [2.05, 4.69) is 36.5 Å². The highest BCUT2D eigenvalue weighted by Crippen LogP contribution is 2.22. The second kappa shape index (κ2) is 9.59. The van der Waals surface area contributed by atoms with Crippen LogP contribution in [0.4, 0.5) is 0 Å². The van der Waals surface area contributed by atoms with E-state index in [1.54, 1.807) is 11.8 Å². The predicted molar refractivity (Wildman–Crippen MR) is 97.8 cm³/mol. The highest BCUT2D eigenvalue weighted by Gasteiger charge is 2.09. The van der Waals surface area contributed by atoms with Crippen molar-refractivity contribution in [2.45, 2.75) is 17.6 Å². The van der Waals surface area contributed by atoms with E-state index in [0.29, 0.717) is 6.54 Å². The summed E-state index contributed by atoms with van der Waals surface area (Å²) in [6, 6.07) is 18.2. The zero-order chi connectivity index (χ0) is 15.6. The van der Waals surface area contributed by atoms with E-state index in [1.807, 2.05) is 42.1 Å². The SMILES string of the molecule is CCSc1ccccc1C(=O)NCCSCc1ccccc1. The number of hydrogen-bond acceptors (Lipinski definition) is 3. The number of nitrogens with one attached hydrogen (secondary N) is 1. The summed E-state index contributed by atoms with van der Waals surface area (Å²) in [6.45, 7) is 2.79. The van der Waals surface area contributed by atoms with Crippen molar-refractivity contribution in [1.29, 1.82) is 0 Å². The molecule has 0 radical (unpaired) electrons. The van der Waals surface area contributed by atoms with Gasteiger partial charge in [-0.1, -0.05) is 49.4 Å². The molecule has 0 spiro atoms. The molecule has 0 fully saturated rings. The Kier molecular flexibility index (Phi) is 7.40. The number of carbonyl (C=O) groups is 1. The average Bonchev–Trinajstić information content (AvgIpc) is 2.56. The Labute approximate surface area is 141 Å². The fraction of sp³-hybridized carbons (Fsp3) is 0.278. The maximum absolute atomic E-state index is 12.2. The third-order valence-corrected chi connectivity index (χ3v) is 5.06. The fourth-order valence-electron chi connectivity index (χ4n) is 2.03. The van der Waals surface area contributed by atoms with Crippen LogP contribution in [0.15, 0.2) is 59.5 Å². The van der Waals surface area contributed by atoms with Gasteiger partial charge in [-0.3, -0.25) is 4.79 Å². The zero-order valence-electron chi connectivity index (χ0n) is 12.7. The molecule has 1 amide bonds. The van der Waals surface area contributed by atoms with Crippen LogP contribution in [0.5, 0.6) is 0 Å². The van der Waals surface area contributed by atoms with Crippen molar-refractivity contribution < 1.29 is 4.79 Å². The van der Waals surface area contributed by atoms with E-state index >= 15 is 0 Å². The Morgan fingerprint density at radius 2 is 1.77 bits per heavy atom. The van der Waals surface area contributed by atoms with Crippen LogP contribution in [-0.2, 0) is 5.75 Å². The van der Waals surface area contributed by atoms with Gasteiger partial charge in [0.15, 0.2) is 0 Å². The maximum atomic E-state index is 12.2. The summed E-state index contributed by atoms with van der Waals surface area (Å²) in [5, 5.41) is 3.01. The van der Waals surface area contributed by atoms with Gasteiger partial charge in [0.1, 0.15) is 0 Å². The molecule has 0 aliphatic heterocycles. The third kappa shape index (κ3) is 5.43. The quantitative estimate of drug-likeness (QED) is 0.572. The molecule has 0 heterocycles. The van der Waals surface area contributed by atoms with Crippen molar-refractivity contribution in [3.8, 4) is 0 Å². The number of benzene rings is 2. The van der Waals surface area contributed by atoms with Crippen LogP contribution in [0.25, 0.3) is 0 Å². The highest BCUT2D eigenvalue weighted by molar-refractivity contribution is 7.99. The maximum Gasteiger partial charge on any atom is 0.252 e. The first-order chi connectivity index (χ1) is 10.8. The fourth-order valence-corrected chi connectivity index (χ4v) is 3.65. The van der Waals surface area contributed by atoms with Crippen molar-refractivity contribution >= 4 is 29.4 Å². The van der Waals surface area contributed by atoms with E-state index in [0.717, 1.165) is 27.7 Å². The van der Waals surface area contributed by atoms with Crippen molar-refractivity contribution in [2.75, 3.05) is 18.1 Å². The monoisotopic (exact) mass is 331 g/mol. The normalized spacial score (nSPS) is 10.4. The van der Waals surface area contributed by atoms with E-state index in [1.165, 1.54) is 5.56 Å². The predicted octanol–water partition coefficient (Wildman–Crippen LogP) is 4.46. The van der Waals surface area contributed by atoms with E-state index in [9.17, 15) is 4.79 Å². The standard InChI is InChI=1S/C18H21NOS2/c1-2-22-17-11-7-6-10-16(17)18(20)19-12-13-21-14-15-8-4-3-5-9-15/h3-11H,2,12-14H2,1H3,(H,19,20). The second-order valence-corrected chi connectivity index (χ2v) is 7.13. The molecule has 2 rings (SSSR count). The Balaban J connectivity index is 1.74. The molecule has 0 unspecified atom stereocenters. The second-order valence-electron chi connectivity index (χ2n) is 4.72. The zero-order valence-corrected chi connectivity index (χ0v) is 14.4. The summed E-state index contributed by atoms with van der Waals surface area (Å²) < 4.78 is 0. The molecule has 0 aliphatic rings. The largest absolute Gasteiger partial charge is 0.351 e. The molecular formula is C18H21NOS2. The summed E-state index contributed by atoms with van der Waals surface area (Å²) in [4.78, 5) is 13.3.